The topological polar surface area (TPSA) is 46.2 Å². The molecule has 1 aromatic rings. The number of aromatic hydroxyl groups is 1. The minimum Gasteiger partial charge on any atom is -0.503 e. The zero-order valence-corrected chi connectivity index (χ0v) is 7.93. The second-order valence-corrected chi connectivity index (χ2v) is 3.28. The first-order valence-corrected chi connectivity index (χ1v) is 4.44. The Bertz CT molecular complexity index is 328. The van der Waals surface area contributed by atoms with Crippen LogP contribution in [0.15, 0.2) is 12.1 Å². The van der Waals surface area contributed by atoms with Crippen molar-refractivity contribution in [3.05, 3.63) is 29.3 Å². The molecular weight excluding hydrogens is 188 g/mol. The minimum atomic E-state index is -0.939. The van der Waals surface area contributed by atoms with Crippen LogP contribution >= 0.6 is 0 Å². The fourth-order valence-electron chi connectivity index (χ4n) is 1.34. The summed E-state index contributed by atoms with van der Waals surface area (Å²) in [6, 6.07) is 2.39. The van der Waals surface area contributed by atoms with Gasteiger partial charge in [0.2, 0.25) is 0 Å². The highest BCUT2D eigenvalue weighted by molar-refractivity contribution is 5.33. The molecule has 0 aliphatic heterocycles. The van der Waals surface area contributed by atoms with Gasteiger partial charge in [0, 0.05) is 0 Å². The molecule has 0 saturated carbocycles. The molecule has 78 valence electrons. The third-order valence-corrected chi connectivity index (χ3v) is 2.23. The Morgan fingerprint density at radius 2 is 2.07 bits per heavy atom. The van der Waals surface area contributed by atoms with E-state index in [9.17, 15) is 8.78 Å². The van der Waals surface area contributed by atoms with Gasteiger partial charge in [-0.1, -0.05) is 13.0 Å². The summed E-state index contributed by atoms with van der Waals surface area (Å²) in [5, 5.41) is 9.02. The van der Waals surface area contributed by atoms with Crippen LogP contribution in [0.1, 0.15) is 24.8 Å². The summed E-state index contributed by atoms with van der Waals surface area (Å²) in [4.78, 5) is 0. The molecule has 0 radical (unpaired) electrons. The summed E-state index contributed by atoms with van der Waals surface area (Å²) < 4.78 is 26.0. The van der Waals surface area contributed by atoms with Crippen molar-refractivity contribution in [2.24, 2.45) is 5.73 Å². The van der Waals surface area contributed by atoms with Crippen LogP contribution in [-0.2, 0) is 0 Å². The molecule has 0 spiro atoms. The molecule has 1 rings (SSSR count). The van der Waals surface area contributed by atoms with Crippen LogP contribution in [0.3, 0.4) is 0 Å². The first-order valence-electron chi connectivity index (χ1n) is 4.44. The lowest BCUT2D eigenvalue weighted by Crippen LogP contribution is -2.06. The van der Waals surface area contributed by atoms with Gasteiger partial charge in [0.1, 0.15) is 0 Å². The summed E-state index contributed by atoms with van der Waals surface area (Å²) in [7, 11) is 0. The lowest BCUT2D eigenvalue weighted by molar-refractivity contribution is 0.390. The van der Waals surface area contributed by atoms with Gasteiger partial charge in [0.05, 0.1) is 0 Å². The smallest absolute Gasteiger partial charge is 0.188 e. The maximum atomic E-state index is 13.3. The summed E-state index contributed by atoms with van der Waals surface area (Å²) in [5.41, 5.74) is 5.63. The fraction of sp³-hybridized carbons (Fsp3) is 0.400. The summed E-state index contributed by atoms with van der Waals surface area (Å²) in [5.74, 6) is -2.85. The van der Waals surface area contributed by atoms with Crippen LogP contribution in [0, 0.1) is 11.6 Å². The number of hydrogen-bond donors (Lipinski definition) is 2. The Kier molecular flexibility index (Phi) is 3.41. The number of rotatable bonds is 3. The van der Waals surface area contributed by atoms with Gasteiger partial charge in [-0.05, 0) is 30.5 Å². The number of benzene rings is 1. The second-order valence-electron chi connectivity index (χ2n) is 3.28. The quantitative estimate of drug-likeness (QED) is 0.786. The molecule has 1 unspecified atom stereocenters. The van der Waals surface area contributed by atoms with Crippen LogP contribution in [0.2, 0.25) is 0 Å². The van der Waals surface area contributed by atoms with Gasteiger partial charge in [0.15, 0.2) is 17.4 Å². The first-order chi connectivity index (χ1) is 6.57. The van der Waals surface area contributed by atoms with E-state index in [1.54, 1.807) is 6.92 Å². The lowest BCUT2D eigenvalue weighted by atomic mass is 9.97. The van der Waals surface area contributed by atoms with Crippen molar-refractivity contribution in [2.45, 2.75) is 19.3 Å². The average Bonchev–Trinajstić information content (AvgIpc) is 2.15. The molecule has 0 saturated heterocycles. The highest BCUT2D eigenvalue weighted by Crippen LogP contribution is 2.29. The molecular formula is C10H13F2NO. The Morgan fingerprint density at radius 3 is 2.64 bits per heavy atom. The van der Waals surface area contributed by atoms with Gasteiger partial charge in [0.25, 0.3) is 0 Å². The Labute approximate surface area is 81.4 Å². The molecule has 0 amide bonds. The Morgan fingerprint density at radius 1 is 1.43 bits per heavy atom. The predicted molar refractivity (Wildman–Crippen MR) is 50.1 cm³/mol. The normalized spacial score (nSPS) is 12.9. The first kappa shape index (κ1) is 10.9. The predicted octanol–water partition coefficient (Wildman–Crippen LogP) is 2.12. The maximum absolute atomic E-state index is 13.3. The molecule has 1 atom stereocenters. The highest BCUT2D eigenvalue weighted by atomic mass is 19.1. The van der Waals surface area contributed by atoms with Gasteiger partial charge in [-0.2, -0.15) is 0 Å². The zero-order chi connectivity index (χ0) is 10.7. The number of nitrogens with two attached hydrogens (primary N) is 1. The van der Waals surface area contributed by atoms with Crippen LogP contribution in [0.4, 0.5) is 8.78 Å². The van der Waals surface area contributed by atoms with Crippen LogP contribution in [0.5, 0.6) is 5.75 Å². The zero-order valence-electron chi connectivity index (χ0n) is 7.93. The summed E-state index contributed by atoms with van der Waals surface area (Å²) >= 11 is 0. The molecule has 4 heteroatoms. The molecule has 1 aromatic carbocycles. The fourth-order valence-corrected chi connectivity index (χ4v) is 1.34. The number of phenolic OH excluding ortho intramolecular Hbond substituents is 1. The molecule has 0 heterocycles. The Hall–Kier alpha value is -1.16. The SMILES string of the molecule is CC(CCN)c1ccc(F)c(O)c1F. The highest BCUT2D eigenvalue weighted by Gasteiger charge is 2.16. The van der Waals surface area contributed by atoms with Crippen molar-refractivity contribution in [2.75, 3.05) is 6.54 Å². The van der Waals surface area contributed by atoms with Crippen LogP contribution < -0.4 is 5.73 Å². The number of hydrogen-bond acceptors (Lipinski definition) is 2. The van der Waals surface area contributed by atoms with Crippen molar-refractivity contribution >= 4 is 0 Å². The van der Waals surface area contributed by atoms with E-state index in [-0.39, 0.29) is 5.92 Å². The minimum absolute atomic E-state index is 0.119. The van der Waals surface area contributed by atoms with Crippen molar-refractivity contribution in [1.82, 2.24) is 0 Å². The Balaban J connectivity index is 3.04. The summed E-state index contributed by atoms with van der Waals surface area (Å²) in [6.07, 6.45) is 0.599. The molecule has 0 aromatic heterocycles. The molecule has 14 heavy (non-hydrogen) atoms. The van der Waals surface area contributed by atoms with E-state index in [1.165, 1.54) is 6.07 Å². The third-order valence-electron chi connectivity index (χ3n) is 2.23. The van der Waals surface area contributed by atoms with Gasteiger partial charge in [-0.15, -0.1) is 0 Å². The monoisotopic (exact) mass is 201 g/mol. The summed E-state index contributed by atoms with van der Waals surface area (Å²) in [6.45, 7) is 2.21. The molecule has 2 nitrogen and oxygen atoms in total. The van der Waals surface area contributed by atoms with Gasteiger partial charge in [-0.25, -0.2) is 8.78 Å². The van der Waals surface area contributed by atoms with E-state index < -0.39 is 17.4 Å². The van der Waals surface area contributed by atoms with Crippen molar-refractivity contribution in [3.63, 3.8) is 0 Å². The molecule has 0 bridgehead atoms. The van der Waals surface area contributed by atoms with E-state index in [0.29, 0.717) is 18.5 Å². The molecule has 3 N–H and O–H groups in total. The third kappa shape index (κ3) is 2.01. The van der Waals surface area contributed by atoms with E-state index >= 15 is 0 Å². The van der Waals surface area contributed by atoms with Crippen LogP contribution in [0.25, 0.3) is 0 Å². The standard InChI is InChI=1S/C10H13F2NO/c1-6(4-5-13)7-2-3-8(11)10(14)9(7)12/h2-3,6,14H,4-5,13H2,1H3. The van der Waals surface area contributed by atoms with Gasteiger partial charge < -0.3 is 10.8 Å². The van der Waals surface area contributed by atoms with Crippen molar-refractivity contribution < 1.29 is 13.9 Å². The average molecular weight is 201 g/mol. The van der Waals surface area contributed by atoms with Crippen molar-refractivity contribution in [3.8, 4) is 5.75 Å². The van der Waals surface area contributed by atoms with Crippen LogP contribution in [-0.4, -0.2) is 11.7 Å². The number of halogens is 2. The maximum Gasteiger partial charge on any atom is 0.188 e. The number of phenols is 1. The van der Waals surface area contributed by atoms with E-state index in [4.69, 9.17) is 10.8 Å². The van der Waals surface area contributed by atoms with Crippen molar-refractivity contribution in [1.29, 1.82) is 0 Å². The molecule has 0 aliphatic carbocycles. The molecule has 0 fully saturated rings. The van der Waals surface area contributed by atoms with Gasteiger partial charge >= 0.3 is 0 Å². The van der Waals surface area contributed by atoms with E-state index in [2.05, 4.69) is 0 Å². The van der Waals surface area contributed by atoms with Gasteiger partial charge in [-0.3, -0.25) is 0 Å². The molecule has 0 aliphatic rings. The van der Waals surface area contributed by atoms with E-state index in [1.807, 2.05) is 0 Å². The second kappa shape index (κ2) is 4.37. The lowest BCUT2D eigenvalue weighted by Gasteiger charge is -2.12. The van der Waals surface area contributed by atoms with E-state index in [0.717, 1.165) is 6.07 Å². The largest absolute Gasteiger partial charge is 0.503 e.